The molecule has 1 heteroatoms. The maximum atomic E-state index is 10.2. The molecule has 0 unspecified atom stereocenters. The zero-order valence-corrected chi connectivity index (χ0v) is 7.10. The van der Waals surface area contributed by atoms with Crippen molar-refractivity contribution in [3.05, 3.63) is 0 Å². The summed E-state index contributed by atoms with van der Waals surface area (Å²) in [7, 11) is 0. The first kappa shape index (κ1) is 9.67. The minimum Gasteiger partial charge on any atom is -0.303 e. The van der Waals surface area contributed by atoms with Crippen LogP contribution >= 0.6 is 0 Å². The van der Waals surface area contributed by atoms with Crippen molar-refractivity contribution < 1.29 is 4.79 Å². The molecule has 1 nitrogen and oxygen atoms in total. The summed E-state index contributed by atoms with van der Waals surface area (Å²) >= 11 is 0. The number of rotatable bonds is 6. The van der Waals surface area contributed by atoms with Crippen LogP contribution in [0.4, 0.5) is 0 Å². The van der Waals surface area contributed by atoms with E-state index in [0.717, 1.165) is 12.7 Å². The molecule has 0 aromatic rings. The van der Waals surface area contributed by atoms with Crippen molar-refractivity contribution in [2.45, 2.75) is 46.0 Å². The van der Waals surface area contributed by atoms with Crippen molar-refractivity contribution in [2.75, 3.05) is 0 Å². The number of hydrogen-bond acceptors (Lipinski definition) is 1. The van der Waals surface area contributed by atoms with Gasteiger partial charge in [-0.05, 0) is 5.92 Å². The molecule has 0 rings (SSSR count). The Morgan fingerprint density at radius 3 is 2.00 bits per heavy atom. The van der Waals surface area contributed by atoms with Crippen LogP contribution in [0, 0.1) is 5.92 Å². The third-order valence-corrected chi connectivity index (χ3v) is 1.82. The molecule has 0 aliphatic rings. The Kier molecular flexibility index (Phi) is 6.56. The van der Waals surface area contributed by atoms with Gasteiger partial charge in [0.15, 0.2) is 0 Å². The maximum absolute atomic E-state index is 10.2. The van der Waals surface area contributed by atoms with Gasteiger partial charge in [0.2, 0.25) is 0 Å². The Balaban J connectivity index is 3.38. The Labute approximate surface area is 63.8 Å². The molecule has 0 saturated heterocycles. The van der Waals surface area contributed by atoms with E-state index in [1.165, 1.54) is 25.7 Å². The summed E-state index contributed by atoms with van der Waals surface area (Å²) in [6.07, 6.45) is 6.66. The van der Waals surface area contributed by atoms with Gasteiger partial charge in [-0.25, -0.2) is 0 Å². The highest BCUT2D eigenvalue weighted by molar-refractivity contribution is 5.49. The van der Waals surface area contributed by atoms with Gasteiger partial charge in [-0.3, -0.25) is 0 Å². The van der Waals surface area contributed by atoms with E-state index in [1.807, 2.05) is 0 Å². The summed E-state index contributed by atoms with van der Waals surface area (Å²) in [5, 5.41) is 0. The van der Waals surface area contributed by atoms with Gasteiger partial charge in [-0.15, -0.1) is 0 Å². The van der Waals surface area contributed by atoms with Crippen molar-refractivity contribution in [1.82, 2.24) is 0 Å². The maximum Gasteiger partial charge on any atom is 0.120 e. The minimum atomic E-state index is 0.660. The smallest absolute Gasteiger partial charge is 0.120 e. The number of hydrogen-bond donors (Lipinski definition) is 0. The number of carbonyl (C=O) groups is 1. The molecule has 0 bridgehead atoms. The predicted molar refractivity (Wildman–Crippen MR) is 44.0 cm³/mol. The molecule has 0 aromatic carbocycles. The quantitative estimate of drug-likeness (QED) is 0.521. The Morgan fingerprint density at radius 1 is 1.20 bits per heavy atom. The van der Waals surface area contributed by atoms with E-state index in [2.05, 4.69) is 13.8 Å². The summed E-state index contributed by atoms with van der Waals surface area (Å²) in [5.74, 6) is 0.660. The molecule has 0 aromatic heterocycles. The molecule has 0 spiro atoms. The van der Waals surface area contributed by atoms with Crippen molar-refractivity contribution >= 4 is 6.29 Å². The van der Waals surface area contributed by atoms with E-state index >= 15 is 0 Å². The van der Waals surface area contributed by atoms with Gasteiger partial charge in [0.05, 0.1) is 0 Å². The molecule has 0 N–H and O–H groups in total. The molecule has 0 fully saturated rings. The Hall–Kier alpha value is -0.330. The second kappa shape index (κ2) is 6.79. The van der Waals surface area contributed by atoms with E-state index in [-0.39, 0.29) is 0 Å². The van der Waals surface area contributed by atoms with E-state index in [9.17, 15) is 4.79 Å². The van der Waals surface area contributed by atoms with Crippen LogP contribution in [0.15, 0.2) is 0 Å². The summed E-state index contributed by atoms with van der Waals surface area (Å²) < 4.78 is 0. The standard InChI is InChI=1S/C9H18O/c1-3-5-9(6-4-2)7-8-10/h8-9H,3-7H2,1-2H3. The van der Waals surface area contributed by atoms with E-state index < -0.39 is 0 Å². The van der Waals surface area contributed by atoms with Crippen molar-refractivity contribution in [2.24, 2.45) is 5.92 Å². The first-order chi connectivity index (χ1) is 4.85. The van der Waals surface area contributed by atoms with Gasteiger partial charge in [0, 0.05) is 6.42 Å². The van der Waals surface area contributed by atoms with Gasteiger partial charge in [-0.1, -0.05) is 39.5 Å². The van der Waals surface area contributed by atoms with Crippen LogP contribution in [0.5, 0.6) is 0 Å². The SMILES string of the molecule is CCCC(CC=O)CCC. The second-order valence-electron chi connectivity index (χ2n) is 2.85. The highest BCUT2D eigenvalue weighted by Gasteiger charge is 2.04. The summed E-state index contributed by atoms with van der Waals surface area (Å²) in [6, 6.07) is 0. The van der Waals surface area contributed by atoms with Crippen molar-refractivity contribution in [1.29, 1.82) is 0 Å². The summed E-state index contributed by atoms with van der Waals surface area (Å²) in [6.45, 7) is 4.35. The summed E-state index contributed by atoms with van der Waals surface area (Å²) in [4.78, 5) is 10.2. The lowest BCUT2D eigenvalue weighted by molar-refractivity contribution is -0.108. The normalized spacial score (nSPS) is 10.3. The van der Waals surface area contributed by atoms with Crippen LogP contribution < -0.4 is 0 Å². The van der Waals surface area contributed by atoms with Crippen LogP contribution in [-0.2, 0) is 4.79 Å². The van der Waals surface area contributed by atoms with Gasteiger partial charge >= 0.3 is 0 Å². The second-order valence-corrected chi connectivity index (χ2v) is 2.85. The van der Waals surface area contributed by atoms with Crippen LogP contribution in [0.25, 0.3) is 0 Å². The van der Waals surface area contributed by atoms with Crippen LogP contribution in [0.1, 0.15) is 46.0 Å². The van der Waals surface area contributed by atoms with Gasteiger partial charge in [0.25, 0.3) is 0 Å². The molecular weight excluding hydrogens is 124 g/mol. The molecule has 0 saturated carbocycles. The molecule has 0 amide bonds. The monoisotopic (exact) mass is 142 g/mol. The predicted octanol–water partition coefficient (Wildman–Crippen LogP) is 2.79. The first-order valence-corrected chi connectivity index (χ1v) is 4.28. The molecular formula is C9H18O. The van der Waals surface area contributed by atoms with Crippen LogP contribution in [0.2, 0.25) is 0 Å². The van der Waals surface area contributed by atoms with Gasteiger partial charge < -0.3 is 4.79 Å². The van der Waals surface area contributed by atoms with E-state index in [1.54, 1.807) is 0 Å². The topological polar surface area (TPSA) is 17.1 Å². The molecule has 0 aliphatic carbocycles. The zero-order chi connectivity index (χ0) is 7.82. The Bertz CT molecular complexity index is 72.8. The molecule has 0 atom stereocenters. The van der Waals surface area contributed by atoms with Crippen LogP contribution in [0.3, 0.4) is 0 Å². The molecule has 60 valence electrons. The average molecular weight is 142 g/mol. The molecule has 0 heterocycles. The fourth-order valence-corrected chi connectivity index (χ4v) is 1.33. The first-order valence-electron chi connectivity index (χ1n) is 4.28. The molecule has 0 radical (unpaired) electrons. The molecule has 10 heavy (non-hydrogen) atoms. The summed E-state index contributed by atoms with van der Waals surface area (Å²) in [5.41, 5.74) is 0. The van der Waals surface area contributed by atoms with Crippen molar-refractivity contribution in [3.8, 4) is 0 Å². The fourth-order valence-electron chi connectivity index (χ4n) is 1.33. The number of aldehydes is 1. The highest BCUT2D eigenvalue weighted by atomic mass is 16.1. The fraction of sp³-hybridized carbons (Fsp3) is 0.889. The zero-order valence-electron chi connectivity index (χ0n) is 7.10. The highest BCUT2D eigenvalue weighted by Crippen LogP contribution is 2.15. The average Bonchev–Trinajstić information content (AvgIpc) is 1.90. The minimum absolute atomic E-state index is 0.660. The van der Waals surface area contributed by atoms with Crippen LogP contribution in [-0.4, -0.2) is 6.29 Å². The lowest BCUT2D eigenvalue weighted by atomic mass is 9.96. The number of carbonyl (C=O) groups excluding carboxylic acids is 1. The van der Waals surface area contributed by atoms with Gasteiger partial charge in [0.1, 0.15) is 6.29 Å². The third-order valence-electron chi connectivity index (χ3n) is 1.82. The lowest BCUT2D eigenvalue weighted by Gasteiger charge is -2.09. The third kappa shape index (κ3) is 4.54. The lowest BCUT2D eigenvalue weighted by Crippen LogP contribution is -1.99. The van der Waals surface area contributed by atoms with Crippen molar-refractivity contribution in [3.63, 3.8) is 0 Å². The Morgan fingerprint density at radius 2 is 1.70 bits per heavy atom. The molecule has 0 aliphatic heterocycles. The largest absolute Gasteiger partial charge is 0.303 e. The van der Waals surface area contributed by atoms with E-state index in [4.69, 9.17) is 0 Å². The van der Waals surface area contributed by atoms with Gasteiger partial charge in [-0.2, -0.15) is 0 Å². The van der Waals surface area contributed by atoms with E-state index in [0.29, 0.717) is 5.92 Å².